The van der Waals surface area contributed by atoms with Gasteiger partial charge in [-0.05, 0) is 18.2 Å². The molecule has 0 saturated carbocycles. The summed E-state index contributed by atoms with van der Waals surface area (Å²) in [6.07, 6.45) is 0.0886. The van der Waals surface area contributed by atoms with Crippen molar-refractivity contribution in [2.75, 3.05) is 12.4 Å². The van der Waals surface area contributed by atoms with E-state index in [1.54, 1.807) is 17.5 Å². The van der Waals surface area contributed by atoms with Crippen LogP contribution in [-0.2, 0) is 16.0 Å². The molecule has 1 amide bonds. The Morgan fingerprint density at radius 2 is 1.95 bits per heavy atom. The number of ether oxygens (including phenoxy) is 1. The predicted molar refractivity (Wildman–Crippen MR) is 87.6 cm³/mol. The van der Waals surface area contributed by atoms with Crippen molar-refractivity contribution in [3.8, 4) is 0 Å². The Hall–Kier alpha value is -1.25. The molecule has 110 valence electrons. The van der Waals surface area contributed by atoms with E-state index in [0.717, 1.165) is 8.95 Å². The van der Waals surface area contributed by atoms with Crippen molar-refractivity contribution in [1.29, 1.82) is 0 Å². The standard InChI is InChI=1S/C13H10Br2N2O3S/c1-20-11(18)5-10-6-21-13(16-10)17-12(19)7-2-8(14)4-9(15)3-7/h2-4,6H,5H2,1H3,(H,16,17,19). The first kappa shape index (κ1) is 16.1. The Labute approximate surface area is 142 Å². The molecule has 1 heterocycles. The smallest absolute Gasteiger partial charge is 0.311 e. The minimum absolute atomic E-state index is 0.0886. The minimum atomic E-state index is -0.367. The van der Waals surface area contributed by atoms with Crippen molar-refractivity contribution in [3.63, 3.8) is 0 Å². The fraction of sp³-hybridized carbons (Fsp3) is 0.154. The number of nitrogens with zero attached hydrogens (tertiary/aromatic N) is 1. The van der Waals surface area contributed by atoms with Gasteiger partial charge < -0.3 is 4.74 Å². The molecule has 0 spiro atoms. The zero-order valence-electron chi connectivity index (χ0n) is 10.9. The van der Waals surface area contributed by atoms with Crippen LogP contribution < -0.4 is 5.32 Å². The van der Waals surface area contributed by atoms with Gasteiger partial charge in [0.2, 0.25) is 0 Å². The van der Waals surface area contributed by atoms with E-state index in [1.165, 1.54) is 18.4 Å². The van der Waals surface area contributed by atoms with Crippen molar-refractivity contribution < 1.29 is 14.3 Å². The maximum absolute atomic E-state index is 12.1. The second-order valence-electron chi connectivity index (χ2n) is 4.01. The zero-order valence-corrected chi connectivity index (χ0v) is 14.8. The van der Waals surface area contributed by atoms with Gasteiger partial charge in [-0.25, -0.2) is 4.98 Å². The third kappa shape index (κ3) is 4.62. The van der Waals surface area contributed by atoms with Gasteiger partial charge in [-0.15, -0.1) is 11.3 Å². The Morgan fingerprint density at radius 3 is 2.57 bits per heavy atom. The van der Waals surface area contributed by atoms with Crippen LogP contribution in [0.2, 0.25) is 0 Å². The van der Waals surface area contributed by atoms with Crippen LogP contribution in [0, 0.1) is 0 Å². The molecule has 2 rings (SSSR count). The maximum Gasteiger partial charge on any atom is 0.311 e. The van der Waals surface area contributed by atoms with Crippen molar-refractivity contribution in [1.82, 2.24) is 4.98 Å². The molecule has 2 aromatic rings. The minimum Gasteiger partial charge on any atom is -0.469 e. The molecule has 1 aromatic heterocycles. The monoisotopic (exact) mass is 432 g/mol. The highest BCUT2D eigenvalue weighted by atomic mass is 79.9. The van der Waals surface area contributed by atoms with Crippen LogP contribution in [-0.4, -0.2) is 24.0 Å². The highest BCUT2D eigenvalue weighted by molar-refractivity contribution is 9.11. The number of carbonyl (C=O) groups excluding carboxylic acids is 2. The Kier molecular flexibility index (Phi) is 5.49. The molecule has 0 bridgehead atoms. The second-order valence-corrected chi connectivity index (χ2v) is 6.70. The average Bonchev–Trinajstić information content (AvgIpc) is 2.84. The molecular weight excluding hydrogens is 424 g/mol. The van der Waals surface area contributed by atoms with E-state index in [-0.39, 0.29) is 18.3 Å². The lowest BCUT2D eigenvalue weighted by atomic mass is 10.2. The molecule has 1 N–H and O–H groups in total. The molecule has 0 saturated heterocycles. The molecule has 21 heavy (non-hydrogen) atoms. The largest absolute Gasteiger partial charge is 0.469 e. The molecule has 0 aliphatic carbocycles. The number of benzene rings is 1. The maximum atomic E-state index is 12.1. The van der Waals surface area contributed by atoms with E-state index >= 15 is 0 Å². The molecule has 0 radical (unpaired) electrons. The quantitative estimate of drug-likeness (QED) is 0.747. The molecule has 0 fully saturated rings. The molecule has 5 nitrogen and oxygen atoms in total. The number of thiazole rings is 1. The van der Waals surface area contributed by atoms with Gasteiger partial charge in [-0.2, -0.15) is 0 Å². The van der Waals surface area contributed by atoms with Crippen LogP contribution in [0.4, 0.5) is 5.13 Å². The number of carbonyl (C=O) groups is 2. The first-order valence-electron chi connectivity index (χ1n) is 5.76. The number of halogens is 2. The normalized spacial score (nSPS) is 10.2. The average molecular weight is 434 g/mol. The van der Waals surface area contributed by atoms with E-state index in [2.05, 4.69) is 46.9 Å². The van der Waals surface area contributed by atoms with Gasteiger partial charge >= 0.3 is 5.97 Å². The van der Waals surface area contributed by atoms with Crippen LogP contribution in [0.3, 0.4) is 0 Å². The lowest BCUT2D eigenvalue weighted by molar-refractivity contribution is -0.139. The van der Waals surface area contributed by atoms with Gasteiger partial charge in [0.1, 0.15) is 0 Å². The van der Waals surface area contributed by atoms with Crippen molar-refractivity contribution >= 4 is 60.2 Å². The van der Waals surface area contributed by atoms with Gasteiger partial charge in [0.15, 0.2) is 5.13 Å². The summed E-state index contributed by atoms with van der Waals surface area (Å²) in [5.41, 5.74) is 1.07. The fourth-order valence-electron chi connectivity index (χ4n) is 1.52. The topological polar surface area (TPSA) is 68.3 Å². The number of esters is 1. The lowest BCUT2D eigenvalue weighted by Gasteiger charge is -2.03. The van der Waals surface area contributed by atoms with Crippen molar-refractivity contribution in [2.24, 2.45) is 0 Å². The number of hydrogen-bond acceptors (Lipinski definition) is 5. The fourth-order valence-corrected chi connectivity index (χ4v) is 3.52. The predicted octanol–water partition coefficient (Wildman–Crippen LogP) is 3.64. The van der Waals surface area contributed by atoms with Crippen molar-refractivity contribution in [2.45, 2.75) is 6.42 Å². The van der Waals surface area contributed by atoms with E-state index in [9.17, 15) is 9.59 Å². The SMILES string of the molecule is COC(=O)Cc1csc(NC(=O)c2cc(Br)cc(Br)c2)n1. The third-order valence-electron chi connectivity index (χ3n) is 2.45. The van der Waals surface area contributed by atoms with Gasteiger partial charge in [0.05, 0.1) is 19.2 Å². The van der Waals surface area contributed by atoms with Crippen LogP contribution in [0.25, 0.3) is 0 Å². The van der Waals surface area contributed by atoms with Crippen molar-refractivity contribution in [3.05, 3.63) is 43.8 Å². The summed E-state index contributed by atoms with van der Waals surface area (Å²) >= 11 is 7.92. The highest BCUT2D eigenvalue weighted by Crippen LogP contribution is 2.22. The number of anilines is 1. The van der Waals surface area contributed by atoms with E-state index in [1.807, 2.05) is 6.07 Å². The molecule has 8 heteroatoms. The Bertz CT molecular complexity index is 668. The summed E-state index contributed by atoms with van der Waals surface area (Å²) in [6, 6.07) is 5.26. The zero-order chi connectivity index (χ0) is 15.4. The summed E-state index contributed by atoms with van der Waals surface area (Å²) in [5.74, 6) is -0.634. The number of amides is 1. The molecular formula is C13H10Br2N2O3S. The summed E-state index contributed by atoms with van der Waals surface area (Å²) in [6.45, 7) is 0. The molecule has 0 atom stereocenters. The molecule has 1 aromatic carbocycles. The molecule has 0 aliphatic rings. The lowest BCUT2D eigenvalue weighted by Crippen LogP contribution is -2.12. The Morgan fingerprint density at radius 1 is 1.29 bits per heavy atom. The molecule has 0 aliphatic heterocycles. The second kappa shape index (κ2) is 7.15. The van der Waals surface area contributed by atoms with E-state index in [0.29, 0.717) is 16.4 Å². The summed E-state index contributed by atoms with van der Waals surface area (Å²) in [4.78, 5) is 27.5. The Balaban J connectivity index is 2.07. The first-order valence-corrected chi connectivity index (χ1v) is 8.23. The number of rotatable bonds is 4. The van der Waals surface area contributed by atoms with Crippen LogP contribution in [0.5, 0.6) is 0 Å². The van der Waals surface area contributed by atoms with E-state index in [4.69, 9.17) is 0 Å². The van der Waals surface area contributed by atoms with E-state index < -0.39 is 0 Å². The first-order chi connectivity index (χ1) is 9.97. The third-order valence-corrected chi connectivity index (χ3v) is 4.17. The van der Waals surface area contributed by atoms with Gasteiger partial charge in [0, 0.05) is 19.9 Å². The van der Waals surface area contributed by atoms with Crippen LogP contribution in [0.15, 0.2) is 32.5 Å². The molecule has 0 unspecified atom stereocenters. The van der Waals surface area contributed by atoms with Crippen LogP contribution >= 0.6 is 43.2 Å². The number of hydrogen-bond donors (Lipinski definition) is 1. The summed E-state index contributed by atoms with van der Waals surface area (Å²) in [5, 5.41) is 4.85. The summed E-state index contributed by atoms with van der Waals surface area (Å²) in [7, 11) is 1.32. The number of nitrogens with one attached hydrogen (secondary N) is 1. The summed E-state index contributed by atoms with van der Waals surface area (Å²) < 4.78 is 6.17. The van der Waals surface area contributed by atoms with Gasteiger partial charge in [-0.3, -0.25) is 14.9 Å². The van der Waals surface area contributed by atoms with Crippen LogP contribution in [0.1, 0.15) is 16.1 Å². The number of aromatic nitrogens is 1. The number of methoxy groups -OCH3 is 1. The van der Waals surface area contributed by atoms with Gasteiger partial charge in [0.25, 0.3) is 5.91 Å². The van der Waals surface area contributed by atoms with Gasteiger partial charge in [-0.1, -0.05) is 31.9 Å². The highest BCUT2D eigenvalue weighted by Gasteiger charge is 2.12.